The molecule has 0 amide bonds. The van der Waals surface area contributed by atoms with E-state index in [1.807, 2.05) is 0 Å². The summed E-state index contributed by atoms with van der Waals surface area (Å²) in [6.45, 7) is 2.63. The molecule has 0 aliphatic heterocycles. The number of carbonyl (C=O) groups excluding carboxylic acids is 1. The fraction of sp³-hybridized carbons (Fsp3) is 0.917. The van der Waals surface area contributed by atoms with Crippen molar-refractivity contribution in [2.75, 3.05) is 6.61 Å². The standard InChI is InChI=1S/C24H46O5/c1-2-3-4-5-6-10-13-16-19-22(25)24(28)29-21-18-15-12-9-7-8-11-14-17-20-23(26)27/h22,25H,2-21H2,1H3,(H,26,27). The van der Waals surface area contributed by atoms with Crippen LogP contribution in [0, 0.1) is 0 Å². The number of carboxylic acid groups (broad SMARTS) is 1. The van der Waals surface area contributed by atoms with Crippen LogP contribution < -0.4 is 0 Å². The van der Waals surface area contributed by atoms with Crippen LogP contribution in [0.4, 0.5) is 0 Å². The largest absolute Gasteiger partial charge is 0.481 e. The summed E-state index contributed by atoms with van der Waals surface area (Å²) < 4.78 is 5.18. The second kappa shape index (κ2) is 21.6. The molecule has 0 aliphatic carbocycles. The summed E-state index contributed by atoms with van der Waals surface area (Å²) in [4.78, 5) is 22.2. The average molecular weight is 415 g/mol. The molecule has 0 aliphatic rings. The Morgan fingerprint density at radius 1 is 0.690 bits per heavy atom. The van der Waals surface area contributed by atoms with Gasteiger partial charge in [-0.3, -0.25) is 4.79 Å². The number of hydrogen-bond acceptors (Lipinski definition) is 4. The number of aliphatic hydroxyl groups is 1. The summed E-state index contributed by atoms with van der Waals surface area (Å²) in [5.41, 5.74) is 0. The third-order valence-corrected chi connectivity index (χ3v) is 5.38. The van der Waals surface area contributed by atoms with Crippen LogP contribution in [0.2, 0.25) is 0 Å². The molecule has 0 rings (SSSR count). The predicted molar refractivity (Wildman–Crippen MR) is 118 cm³/mol. The number of aliphatic hydroxyl groups excluding tert-OH is 1. The van der Waals surface area contributed by atoms with Crippen LogP contribution in [0.25, 0.3) is 0 Å². The van der Waals surface area contributed by atoms with Crippen molar-refractivity contribution in [3.8, 4) is 0 Å². The topological polar surface area (TPSA) is 83.8 Å². The predicted octanol–water partition coefficient (Wildman–Crippen LogP) is 6.41. The number of esters is 1. The van der Waals surface area contributed by atoms with E-state index in [9.17, 15) is 14.7 Å². The maximum absolute atomic E-state index is 11.8. The van der Waals surface area contributed by atoms with Crippen LogP contribution in [-0.2, 0) is 14.3 Å². The highest BCUT2D eigenvalue weighted by Gasteiger charge is 2.15. The van der Waals surface area contributed by atoms with Gasteiger partial charge in [0.15, 0.2) is 6.10 Å². The van der Waals surface area contributed by atoms with Gasteiger partial charge in [0.05, 0.1) is 6.61 Å². The van der Waals surface area contributed by atoms with Gasteiger partial charge < -0.3 is 14.9 Å². The molecule has 0 heterocycles. The molecular formula is C24H46O5. The number of hydrogen-bond donors (Lipinski definition) is 2. The molecule has 172 valence electrons. The summed E-state index contributed by atoms with van der Waals surface area (Å²) in [6.07, 6.45) is 18.9. The third-order valence-electron chi connectivity index (χ3n) is 5.38. The lowest BCUT2D eigenvalue weighted by Gasteiger charge is -2.10. The number of aliphatic carboxylic acids is 1. The lowest BCUT2D eigenvalue weighted by molar-refractivity contribution is -0.154. The highest BCUT2D eigenvalue weighted by atomic mass is 16.5. The molecule has 0 saturated carbocycles. The second-order valence-corrected chi connectivity index (χ2v) is 8.27. The minimum Gasteiger partial charge on any atom is -0.481 e. The molecule has 0 bridgehead atoms. The van der Waals surface area contributed by atoms with Gasteiger partial charge in [0, 0.05) is 6.42 Å². The van der Waals surface area contributed by atoms with Crippen LogP contribution >= 0.6 is 0 Å². The Bertz CT molecular complexity index is 383. The minimum absolute atomic E-state index is 0.284. The zero-order valence-corrected chi connectivity index (χ0v) is 18.8. The number of carboxylic acids is 1. The lowest BCUT2D eigenvalue weighted by atomic mass is 10.1. The molecule has 29 heavy (non-hydrogen) atoms. The van der Waals surface area contributed by atoms with Gasteiger partial charge in [-0.25, -0.2) is 4.79 Å². The molecule has 0 aromatic heterocycles. The summed E-state index contributed by atoms with van der Waals surface area (Å²) in [5.74, 6) is -1.17. The van der Waals surface area contributed by atoms with Crippen molar-refractivity contribution >= 4 is 11.9 Å². The molecule has 0 spiro atoms. The average Bonchev–Trinajstić information content (AvgIpc) is 2.70. The van der Waals surface area contributed by atoms with Crippen LogP contribution in [0.1, 0.15) is 129 Å². The van der Waals surface area contributed by atoms with Crippen LogP contribution in [0.3, 0.4) is 0 Å². The summed E-state index contributed by atoms with van der Waals surface area (Å²) in [5, 5.41) is 18.4. The van der Waals surface area contributed by atoms with Crippen LogP contribution in [-0.4, -0.2) is 34.9 Å². The van der Waals surface area contributed by atoms with Crippen LogP contribution in [0.5, 0.6) is 0 Å². The van der Waals surface area contributed by atoms with Gasteiger partial charge in [0.25, 0.3) is 0 Å². The van der Waals surface area contributed by atoms with E-state index in [2.05, 4.69) is 6.92 Å². The van der Waals surface area contributed by atoms with Crippen molar-refractivity contribution in [2.24, 2.45) is 0 Å². The SMILES string of the molecule is CCCCCCCCCCC(O)C(=O)OCCCCCCCCCCCC(=O)O. The highest BCUT2D eigenvalue weighted by Crippen LogP contribution is 2.12. The summed E-state index contributed by atoms with van der Waals surface area (Å²) in [7, 11) is 0. The summed E-state index contributed by atoms with van der Waals surface area (Å²) >= 11 is 0. The van der Waals surface area contributed by atoms with E-state index in [0.29, 0.717) is 13.0 Å². The summed E-state index contributed by atoms with van der Waals surface area (Å²) in [6, 6.07) is 0. The van der Waals surface area contributed by atoms with Gasteiger partial charge in [-0.05, 0) is 19.3 Å². The van der Waals surface area contributed by atoms with E-state index in [1.54, 1.807) is 0 Å². The first-order chi connectivity index (χ1) is 14.1. The number of rotatable bonds is 22. The number of carbonyl (C=O) groups is 2. The Hall–Kier alpha value is -1.10. The Kier molecular flexibility index (Phi) is 20.8. The Morgan fingerprint density at radius 3 is 1.66 bits per heavy atom. The number of unbranched alkanes of at least 4 members (excludes halogenated alkanes) is 15. The molecule has 0 radical (unpaired) electrons. The van der Waals surface area contributed by atoms with Crippen molar-refractivity contribution in [3.05, 3.63) is 0 Å². The Balaban J connectivity index is 3.32. The first kappa shape index (κ1) is 27.9. The van der Waals surface area contributed by atoms with Crippen molar-refractivity contribution in [3.63, 3.8) is 0 Å². The van der Waals surface area contributed by atoms with E-state index in [-0.39, 0.29) is 6.42 Å². The Morgan fingerprint density at radius 2 is 1.14 bits per heavy atom. The zero-order chi connectivity index (χ0) is 21.6. The van der Waals surface area contributed by atoms with Gasteiger partial charge in [-0.15, -0.1) is 0 Å². The van der Waals surface area contributed by atoms with Gasteiger partial charge in [-0.1, -0.05) is 103 Å². The highest BCUT2D eigenvalue weighted by molar-refractivity contribution is 5.74. The van der Waals surface area contributed by atoms with Gasteiger partial charge >= 0.3 is 11.9 Å². The maximum atomic E-state index is 11.8. The molecule has 2 N–H and O–H groups in total. The molecule has 5 nitrogen and oxygen atoms in total. The van der Waals surface area contributed by atoms with E-state index < -0.39 is 18.0 Å². The zero-order valence-electron chi connectivity index (χ0n) is 18.8. The number of ether oxygens (including phenoxy) is 1. The fourth-order valence-corrected chi connectivity index (χ4v) is 3.47. The fourth-order valence-electron chi connectivity index (χ4n) is 3.47. The molecule has 0 aromatic carbocycles. The van der Waals surface area contributed by atoms with Crippen molar-refractivity contribution in [2.45, 2.75) is 135 Å². The van der Waals surface area contributed by atoms with Crippen LogP contribution in [0.15, 0.2) is 0 Å². The molecule has 5 heteroatoms. The second-order valence-electron chi connectivity index (χ2n) is 8.27. The van der Waals surface area contributed by atoms with E-state index in [4.69, 9.17) is 9.84 Å². The molecule has 1 unspecified atom stereocenters. The van der Waals surface area contributed by atoms with Crippen molar-refractivity contribution in [1.29, 1.82) is 0 Å². The lowest BCUT2D eigenvalue weighted by Crippen LogP contribution is -2.23. The maximum Gasteiger partial charge on any atom is 0.334 e. The molecule has 0 saturated heterocycles. The Labute approximate surface area is 178 Å². The first-order valence-electron chi connectivity index (χ1n) is 12.1. The van der Waals surface area contributed by atoms with Gasteiger partial charge in [0.2, 0.25) is 0 Å². The first-order valence-corrected chi connectivity index (χ1v) is 12.1. The van der Waals surface area contributed by atoms with Gasteiger partial charge in [0.1, 0.15) is 0 Å². The molecular weight excluding hydrogens is 368 g/mol. The minimum atomic E-state index is -0.962. The molecule has 1 atom stereocenters. The smallest absolute Gasteiger partial charge is 0.334 e. The normalized spacial score (nSPS) is 12.1. The van der Waals surface area contributed by atoms with Crippen molar-refractivity contribution < 1.29 is 24.5 Å². The van der Waals surface area contributed by atoms with Crippen molar-refractivity contribution in [1.82, 2.24) is 0 Å². The third kappa shape index (κ3) is 21.4. The molecule has 0 fully saturated rings. The van der Waals surface area contributed by atoms with Gasteiger partial charge in [-0.2, -0.15) is 0 Å². The van der Waals surface area contributed by atoms with E-state index in [0.717, 1.165) is 51.4 Å². The molecule has 0 aromatic rings. The van der Waals surface area contributed by atoms with E-state index >= 15 is 0 Å². The monoisotopic (exact) mass is 414 g/mol. The quantitative estimate of drug-likeness (QED) is 0.158. The van der Waals surface area contributed by atoms with E-state index in [1.165, 1.54) is 57.8 Å².